The predicted molar refractivity (Wildman–Crippen MR) is 104 cm³/mol. The zero-order chi connectivity index (χ0) is 22.5. The first-order valence-electron chi connectivity index (χ1n) is 8.16. The zero-order valence-corrected chi connectivity index (χ0v) is 16.5. The number of carbonyl (C=O) groups is 2. The Bertz CT molecular complexity index is 1140. The van der Waals surface area contributed by atoms with E-state index in [1.807, 2.05) is 0 Å². The first-order valence-corrected chi connectivity index (χ1v) is 9.60. The fourth-order valence-electron chi connectivity index (χ4n) is 2.25. The summed E-state index contributed by atoms with van der Waals surface area (Å²) in [6.45, 7) is 1.25. The van der Waals surface area contributed by atoms with Crippen molar-refractivity contribution in [3.63, 3.8) is 0 Å². The molecule has 0 heterocycles. The Hall–Kier alpha value is -3.71. The second kappa shape index (κ2) is 9.19. The molecule has 0 aliphatic heterocycles. The van der Waals surface area contributed by atoms with Crippen molar-refractivity contribution in [3.8, 4) is 5.75 Å². The molecule has 13 heteroatoms. The second-order valence-corrected chi connectivity index (χ2v) is 7.31. The van der Waals surface area contributed by atoms with Crippen LogP contribution in [0.2, 0.25) is 0 Å². The van der Waals surface area contributed by atoms with Gasteiger partial charge in [0, 0.05) is 12.1 Å². The summed E-state index contributed by atoms with van der Waals surface area (Å²) in [5.74, 6) is -0.639. The monoisotopic (exact) mass is 436 g/mol. The van der Waals surface area contributed by atoms with Crippen LogP contribution in [0.3, 0.4) is 0 Å². The van der Waals surface area contributed by atoms with E-state index in [1.165, 1.54) is 32.2 Å². The smallest absolute Gasteiger partial charge is 0.296 e. The highest BCUT2D eigenvalue weighted by atomic mass is 32.2. The minimum Gasteiger partial charge on any atom is -0.497 e. The van der Waals surface area contributed by atoms with Crippen LogP contribution in [0, 0.1) is 10.1 Å². The SMILES string of the molecule is COc1ccc(NC(=O)CC(C)=O)c(N=Nc2cc(S(=O)(=O)O)ccc2[N+](=O)[O-])c1. The number of nitro groups is 1. The van der Waals surface area contributed by atoms with Crippen LogP contribution in [0.1, 0.15) is 13.3 Å². The van der Waals surface area contributed by atoms with Gasteiger partial charge in [0.1, 0.15) is 17.2 Å². The molecule has 30 heavy (non-hydrogen) atoms. The summed E-state index contributed by atoms with van der Waals surface area (Å²) in [6.07, 6.45) is -0.371. The number of rotatable bonds is 8. The number of hydrogen-bond donors (Lipinski definition) is 2. The summed E-state index contributed by atoms with van der Waals surface area (Å²) in [4.78, 5) is 32.8. The van der Waals surface area contributed by atoms with Crippen LogP contribution in [0.15, 0.2) is 51.5 Å². The number of methoxy groups -OCH3 is 1. The highest BCUT2D eigenvalue weighted by Gasteiger charge is 2.19. The number of ketones is 1. The molecule has 0 spiro atoms. The van der Waals surface area contributed by atoms with Crippen LogP contribution >= 0.6 is 0 Å². The first kappa shape index (κ1) is 22.6. The number of carbonyl (C=O) groups excluding carboxylic acids is 2. The van der Waals surface area contributed by atoms with Gasteiger partial charge in [-0.3, -0.25) is 24.3 Å². The molecule has 12 nitrogen and oxygen atoms in total. The van der Waals surface area contributed by atoms with E-state index < -0.39 is 37.2 Å². The maximum atomic E-state index is 11.9. The molecule has 2 aromatic carbocycles. The highest BCUT2D eigenvalue weighted by molar-refractivity contribution is 7.85. The van der Waals surface area contributed by atoms with E-state index >= 15 is 0 Å². The lowest BCUT2D eigenvalue weighted by atomic mass is 10.2. The van der Waals surface area contributed by atoms with Crippen molar-refractivity contribution in [1.29, 1.82) is 0 Å². The predicted octanol–water partition coefficient (Wildman–Crippen LogP) is 3.18. The topological polar surface area (TPSA) is 178 Å². The van der Waals surface area contributed by atoms with Gasteiger partial charge in [0.15, 0.2) is 5.69 Å². The van der Waals surface area contributed by atoms with E-state index in [-0.39, 0.29) is 23.6 Å². The maximum absolute atomic E-state index is 11.9. The standard InChI is InChI=1S/C17H16N4O8S/c1-10(22)7-17(23)18-13-5-3-11(29-2)8-14(13)19-20-15-9-12(30(26,27)28)4-6-16(15)21(24)25/h3-6,8-9H,7H2,1-2H3,(H,18,23)(H,26,27,28). The van der Waals surface area contributed by atoms with E-state index in [1.54, 1.807) is 0 Å². The largest absolute Gasteiger partial charge is 0.497 e. The van der Waals surface area contributed by atoms with Crippen molar-refractivity contribution in [3.05, 3.63) is 46.5 Å². The fourth-order valence-corrected chi connectivity index (χ4v) is 2.75. The third-order valence-electron chi connectivity index (χ3n) is 3.60. The third kappa shape index (κ3) is 5.89. The molecule has 0 atom stereocenters. The molecule has 2 N–H and O–H groups in total. The third-order valence-corrected chi connectivity index (χ3v) is 4.45. The summed E-state index contributed by atoms with van der Waals surface area (Å²) in [6, 6.07) is 6.79. The Morgan fingerprint density at radius 2 is 1.83 bits per heavy atom. The average Bonchev–Trinajstić information content (AvgIpc) is 2.65. The van der Waals surface area contributed by atoms with Crippen LogP contribution in [-0.2, 0) is 19.7 Å². The molecule has 0 saturated heterocycles. The number of azo groups is 1. The number of hydrogen-bond acceptors (Lipinski definition) is 9. The van der Waals surface area contributed by atoms with Crippen molar-refractivity contribution in [2.24, 2.45) is 10.2 Å². The van der Waals surface area contributed by atoms with E-state index in [9.17, 15) is 28.1 Å². The Balaban J connectivity index is 2.51. The van der Waals surface area contributed by atoms with Crippen molar-refractivity contribution in [2.75, 3.05) is 12.4 Å². The Kier molecular flexibility index (Phi) is 6.92. The zero-order valence-electron chi connectivity index (χ0n) is 15.7. The maximum Gasteiger partial charge on any atom is 0.296 e. The summed E-state index contributed by atoms with van der Waals surface area (Å²) < 4.78 is 36.8. The van der Waals surface area contributed by atoms with Crippen LogP contribution in [-0.4, -0.2) is 36.7 Å². The van der Waals surface area contributed by atoms with Gasteiger partial charge in [-0.15, -0.1) is 10.2 Å². The molecule has 0 aromatic heterocycles. The number of nitrogens with zero attached hydrogens (tertiary/aromatic N) is 3. The summed E-state index contributed by atoms with van der Waals surface area (Å²) >= 11 is 0. The lowest BCUT2D eigenvalue weighted by molar-refractivity contribution is -0.384. The Morgan fingerprint density at radius 1 is 1.17 bits per heavy atom. The molecule has 0 bridgehead atoms. The summed E-state index contributed by atoms with van der Waals surface area (Å²) in [5, 5.41) is 21.2. The van der Waals surface area contributed by atoms with Gasteiger partial charge in [0.2, 0.25) is 5.91 Å². The highest BCUT2D eigenvalue weighted by Crippen LogP contribution is 2.35. The van der Waals surface area contributed by atoms with E-state index in [2.05, 4.69) is 15.5 Å². The van der Waals surface area contributed by atoms with E-state index in [4.69, 9.17) is 9.29 Å². The number of anilines is 1. The van der Waals surface area contributed by atoms with E-state index in [0.29, 0.717) is 5.75 Å². The van der Waals surface area contributed by atoms with Gasteiger partial charge in [0.05, 0.1) is 29.0 Å². The van der Waals surface area contributed by atoms with Gasteiger partial charge in [-0.25, -0.2) is 0 Å². The molecule has 0 aliphatic rings. The molecule has 0 unspecified atom stereocenters. The molecule has 0 saturated carbocycles. The molecule has 0 aliphatic carbocycles. The quantitative estimate of drug-likeness (QED) is 0.208. The van der Waals surface area contributed by atoms with Crippen LogP contribution in [0.4, 0.5) is 22.7 Å². The van der Waals surface area contributed by atoms with Crippen molar-refractivity contribution in [2.45, 2.75) is 18.2 Å². The molecule has 2 rings (SSSR count). The lowest BCUT2D eigenvalue weighted by Gasteiger charge is -2.09. The van der Waals surface area contributed by atoms with Crippen LogP contribution in [0.5, 0.6) is 5.75 Å². The minimum absolute atomic E-state index is 0.0257. The van der Waals surface area contributed by atoms with Crippen LogP contribution < -0.4 is 10.1 Å². The average molecular weight is 436 g/mol. The Labute approximate surface area is 170 Å². The number of nitrogens with one attached hydrogen (secondary N) is 1. The number of amides is 1. The summed E-state index contributed by atoms with van der Waals surface area (Å²) in [5.41, 5.74) is -0.840. The second-order valence-electron chi connectivity index (χ2n) is 5.89. The normalized spacial score (nSPS) is 11.3. The number of benzene rings is 2. The number of Topliss-reactive ketones (excluding diaryl/α,β-unsaturated/α-hetero) is 1. The molecule has 158 valence electrons. The molecule has 0 radical (unpaired) electrons. The summed E-state index contributed by atoms with van der Waals surface area (Å²) in [7, 11) is -3.25. The minimum atomic E-state index is -4.63. The molecule has 2 aromatic rings. The first-order chi connectivity index (χ1) is 14.0. The Morgan fingerprint density at radius 3 is 2.40 bits per heavy atom. The van der Waals surface area contributed by atoms with Crippen LogP contribution in [0.25, 0.3) is 0 Å². The van der Waals surface area contributed by atoms with E-state index in [0.717, 1.165) is 18.2 Å². The number of ether oxygens (including phenoxy) is 1. The van der Waals surface area contributed by atoms with Gasteiger partial charge in [0.25, 0.3) is 15.8 Å². The van der Waals surface area contributed by atoms with Gasteiger partial charge in [-0.2, -0.15) is 8.42 Å². The van der Waals surface area contributed by atoms with Crippen molar-refractivity contribution >= 4 is 44.6 Å². The molecular formula is C17H16N4O8S. The van der Waals surface area contributed by atoms with Crippen molar-refractivity contribution < 1.29 is 32.2 Å². The van der Waals surface area contributed by atoms with Gasteiger partial charge < -0.3 is 10.1 Å². The van der Waals surface area contributed by atoms with Gasteiger partial charge in [-0.05, 0) is 31.2 Å². The fraction of sp³-hybridized carbons (Fsp3) is 0.176. The van der Waals surface area contributed by atoms with Crippen molar-refractivity contribution in [1.82, 2.24) is 0 Å². The van der Waals surface area contributed by atoms with Gasteiger partial charge in [-0.1, -0.05) is 0 Å². The van der Waals surface area contributed by atoms with Gasteiger partial charge >= 0.3 is 0 Å². The molecule has 0 fully saturated rings. The lowest BCUT2D eigenvalue weighted by Crippen LogP contribution is -2.14. The molecule has 1 amide bonds. The molecular weight excluding hydrogens is 420 g/mol. The number of nitro benzene ring substituents is 1.